The van der Waals surface area contributed by atoms with Crippen LogP contribution in [0.3, 0.4) is 0 Å². The quantitative estimate of drug-likeness (QED) is 0.846. The predicted octanol–water partition coefficient (Wildman–Crippen LogP) is 1.14. The molecule has 1 N–H and O–H groups in total. The molecule has 1 amide bonds. The second-order valence-corrected chi connectivity index (χ2v) is 7.46. The third kappa shape index (κ3) is 4.29. The lowest BCUT2D eigenvalue weighted by molar-refractivity contribution is -0.131. The van der Waals surface area contributed by atoms with Gasteiger partial charge in [0, 0.05) is 38.5 Å². The van der Waals surface area contributed by atoms with E-state index >= 15 is 0 Å². The molecule has 1 aliphatic heterocycles. The fourth-order valence-electron chi connectivity index (χ4n) is 3.24. The van der Waals surface area contributed by atoms with E-state index in [4.69, 9.17) is 4.52 Å². The Kier molecular flexibility index (Phi) is 4.42. The summed E-state index contributed by atoms with van der Waals surface area (Å²) in [5, 5.41) is 14.0. The van der Waals surface area contributed by atoms with Crippen molar-refractivity contribution in [2.75, 3.05) is 19.6 Å². The molecule has 128 valence electrons. The molecule has 7 nitrogen and oxygen atoms in total. The van der Waals surface area contributed by atoms with Gasteiger partial charge in [-0.1, -0.05) is 5.16 Å². The largest absolute Gasteiger partial charge is 0.389 e. The van der Waals surface area contributed by atoms with Gasteiger partial charge >= 0.3 is 0 Å². The Hall–Kier alpha value is -1.47. The van der Waals surface area contributed by atoms with E-state index in [1.54, 1.807) is 6.92 Å². The van der Waals surface area contributed by atoms with E-state index < -0.39 is 5.60 Å². The standard InChI is InChI=1S/C16H26N4O3/c1-11(21)20(9-14-17-15(23-18-14)12-4-5-12)13-6-7-19(8-13)10-16(2,3)22/h12-13,22H,4-10H2,1-3H3/t13-/m0/s1. The zero-order chi connectivity index (χ0) is 16.6. The van der Waals surface area contributed by atoms with Gasteiger partial charge in [0.05, 0.1) is 12.1 Å². The Balaban J connectivity index is 1.61. The third-order valence-electron chi connectivity index (χ3n) is 4.43. The van der Waals surface area contributed by atoms with Crippen molar-refractivity contribution in [1.82, 2.24) is 19.9 Å². The van der Waals surface area contributed by atoms with Crippen LogP contribution >= 0.6 is 0 Å². The number of amides is 1. The van der Waals surface area contributed by atoms with Crippen molar-refractivity contribution in [2.45, 2.75) is 64.1 Å². The number of carbonyl (C=O) groups excluding carboxylic acids is 1. The first-order valence-corrected chi connectivity index (χ1v) is 8.36. The topological polar surface area (TPSA) is 82.7 Å². The SMILES string of the molecule is CC(=O)N(Cc1noc(C2CC2)n1)[C@H]1CCN(CC(C)(C)O)C1. The van der Waals surface area contributed by atoms with E-state index in [2.05, 4.69) is 15.0 Å². The van der Waals surface area contributed by atoms with Gasteiger partial charge < -0.3 is 14.5 Å². The summed E-state index contributed by atoms with van der Waals surface area (Å²) in [6.45, 7) is 7.87. The van der Waals surface area contributed by atoms with Crippen LogP contribution in [0.2, 0.25) is 0 Å². The van der Waals surface area contributed by atoms with Gasteiger partial charge in [-0.15, -0.1) is 0 Å². The average molecular weight is 322 g/mol. The molecule has 1 saturated carbocycles. The number of nitrogens with zero attached hydrogens (tertiary/aromatic N) is 4. The Morgan fingerprint density at radius 3 is 2.78 bits per heavy atom. The fourth-order valence-corrected chi connectivity index (χ4v) is 3.24. The zero-order valence-corrected chi connectivity index (χ0v) is 14.2. The molecule has 0 bridgehead atoms. The molecule has 0 unspecified atom stereocenters. The summed E-state index contributed by atoms with van der Waals surface area (Å²) in [6, 6.07) is 0.137. The highest BCUT2D eigenvalue weighted by atomic mass is 16.5. The lowest BCUT2D eigenvalue weighted by Crippen LogP contribution is -2.42. The minimum absolute atomic E-state index is 0.0258. The van der Waals surface area contributed by atoms with Crippen LogP contribution in [0.5, 0.6) is 0 Å². The Morgan fingerprint density at radius 1 is 1.43 bits per heavy atom. The van der Waals surface area contributed by atoms with E-state index in [1.165, 1.54) is 0 Å². The smallest absolute Gasteiger partial charge is 0.229 e. The van der Waals surface area contributed by atoms with Crippen LogP contribution in [0, 0.1) is 0 Å². The number of carbonyl (C=O) groups is 1. The van der Waals surface area contributed by atoms with Crippen molar-refractivity contribution in [2.24, 2.45) is 0 Å². The maximum Gasteiger partial charge on any atom is 0.229 e. The van der Waals surface area contributed by atoms with Gasteiger partial charge in [0.1, 0.15) is 0 Å². The highest BCUT2D eigenvalue weighted by Gasteiger charge is 2.33. The molecule has 0 aromatic carbocycles. The molecule has 0 radical (unpaired) electrons. The number of hydrogen-bond acceptors (Lipinski definition) is 6. The average Bonchev–Trinajstić information content (AvgIpc) is 3.02. The monoisotopic (exact) mass is 322 g/mol. The van der Waals surface area contributed by atoms with Crippen LogP contribution in [0.4, 0.5) is 0 Å². The van der Waals surface area contributed by atoms with Gasteiger partial charge in [0.15, 0.2) is 5.82 Å². The van der Waals surface area contributed by atoms with Gasteiger partial charge in [-0.25, -0.2) is 0 Å². The van der Waals surface area contributed by atoms with E-state index in [0.29, 0.717) is 30.7 Å². The third-order valence-corrected chi connectivity index (χ3v) is 4.43. The minimum Gasteiger partial charge on any atom is -0.389 e. The molecule has 2 heterocycles. The Morgan fingerprint density at radius 2 is 2.17 bits per heavy atom. The van der Waals surface area contributed by atoms with E-state index in [-0.39, 0.29) is 11.9 Å². The fraction of sp³-hybridized carbons (Fsp3) is 0.812. The van der Waals surface area contributed by atoms with Crippen molar-refractivity contribution < 1.29 is 14.4 Å². The second-order valence-electron chi connectivity index (χ2n) is 7.46. The van der Waals surface area contributed by atoms with Gasteiger partial charge in [-0.05, 0) is 33.1 Å². The summed E-state index contributed by atoms with van der Waals surface area (Å²) >= 11 is 0. The molecule has 1 aliphatic carbocycles. The summed E-state index contributed by atoms with van der Waals surface area (Å²) in [6.07, 6.45) is 3.14. The van der Waals surface area contributed by atoms with Gasteiger partial charge in [0.25, 0.3) is 0 Å². The highest BCUT2D eigenvalue weighted by molar-refractivity contribution is 5.73. The molecule has 3 rings (SSSR count). The van der Waals surface area contributed by atoms with Crippen molar-refractivity contribution >= 4 is 5.91 Å². The lowest BCUT2D eigenvalue weighted by atomic mass is 10.1. The van der Waals surface area contributed by atoms with Gasteiger partial charge in [-0.2, -0.15) is 4.98 Å². The van der Waals surface area contributed by atoms with Crippen LogP contribution in [-0.2, 0) is 11.3 Å². The summed E-state index contributed by atoms with van der Waals surface area (Å²) in [5.41, 5.74) is -0.719. The van der Waals surface area contributed by atoms with Crippen molar-refractivity contribution in [3.05, 3.63) is 11.7 Å². The molecule has 1 aromatic heterocycles. The molecule has 1 saturated heterocycles. The summed E-state index contributed by atoms with van der Waals surface area (Å²) < 4.78 is 5.28. The molecule has 23 heavy (non-hydrogen) atoms. The Labute approximate surface area is 136 Å². The molecule has 0 spiro atoms. The number of β-amino-alcohol motifs (C(OH)–C–C–N with tert-alkyl or cyclic N) is 1. The van der Waals surface area contributed by atoms with Gasteiger partial charge in [-0.3, -0.25) is 9.69 Å². The van der Waals surface area contributed by atoms with Crippen LogP contribution in [0.1, 0.15) is 57.7 Å². The lowest BCUT2D eigenvalue weighted by Gasteiger charge is -2.28. The summed E-state index contributed by atoms with van der Waals surface area (Å²) in [5.74, 6) is 1.75. The Bertz CT molecular complexity index is 562. The number of aliphatic hydroxyl groups is 1. The second kappa shape index (κ2) is 6.20. The number of aromatic nitrogens is 2. The first-order valence-electron chi connectivity index (χ1n) is 8.36. The first-order chi connectivity index (χ1) is 10.8. The predicted molar refractivity (Wildman–Crippen MR) is 83.6 cm³/mol. The molecular weight excluding hydrogens is 296 g/mol. The molecule has 1 atom stereocenters. The van der Waals surface area contributed by atoms with Gasteiger partial charge in [0.2, 0.25) is 11.8 Å². The minimum atomic E-state index is -0.719. The number of rotatable bonds is 6. The number of hydrogen-bond donors (Lipinski definition) is 1. The first kappa shape index (κ1) is 16.4. The van der Waals surface area contributed by atoms with Crippen molar-refractivity contribution in [1.29, 1.82) is 0 Å². The van der Waals surface area contributed by atoms with E-state index in [9.17, 15) is 9.90 Å². The maximum absolute atomic E-state index is 12.1. The van der Waals surface area contributed by atoms with E-state index in [1.807, 2.05) is 18.7 Å². The summed E-state index contributed by atoms with van der Waals surface area (Å²) in [7, 11) is 0. The normalized spacial score (nSPS) is 22.5. The van der Waals surface area contributed by atoms with Crippen molar-refractivity contribution in [3.63, 3.8) is 0 Å². The highest BCUT2D eigenvalue weighted by Crippen LogP contribution is 2.38. The molecular formula is C16H26N4O3. The molecule has 7 heteroatoms. The molecule has 1 aromatic rings. The molecule has 2 aliphatic rings. The van der Waals surface area contributed by atoms with Crippen LogP contribution in [0.15, 0.2) is 4.52 Å². The van der Waals surface area contributed by atoms with Crippen LogP contribution in [-0.4, -0.2) is 62.2 Å². The van der Waals surface area contributed by atoms with Crippen LogP contribution < -0.4 is 0 Å². The zero-order valence-electron chi connectivity index (χ0n) is 14.2. The van der Waals surface area contributed by atoms with E-state index in [0.717, 1.165) is 32.4 Å². The maximum atomic E-state index is 12.1. The van der Waals surface area contributed by atoms with Crippen molar-refractivity contribution in [3.8, 4) is 0 Å². The van der Waals surface area contributed by atoms with Crippen LogP contribution in [0.25, 0.3) is 0 Å². The summed E-state index contributed by atoms with van der Waals surface area (Å²) in [4.78, 5) is 20.5. The number of likely N-dealkylation sites (tertiary alicyclic amines) is 1. The molecule has 2 fully saturated rings.